The second-order valence-electron chi connectivity index (χ2n) is 6.11. The summed E-state index contributed by atoms with van der Waals surface area (Å²) in [5.74, 6) is 0.469. The number of carbonyl (C=O) groups excluding carboxylic acids is 2. The number of amides is 2. The van der Waals surface area contributed by atoms with Gasteiger partial charge < -0.3 is 9.80 Å². The first-order valence-electron chi connectivity index (χ1n) is 7.67. The van der Waals surface area contributed by atoms with E-state index < -0.39 is 0 Å². The van der Waals surface area contributed by atoms with Crippen LogP contribution in [0.25, 0.3) is 0 Å². The predicted molar refractivity (Wildman–Crippen MR) is 88.7 cm³/mol. The maximum Gasteiger partial charge on any atom is 0.236 e. The van der Waals surface area contributed by atoms with E-state index in [1.165, 1.54) is 4.88 Å². The van der Waals surface area contributed by atoms with Crippen molar-refractivity contribution in [2.75, 3.05) is 40.8 Å². The topological polar surface area (TPSA) is 43.9 Å². The van der Waals surface area contributed by atoms with Crippen molar-refractivity contribution in [1.82, 2.24) is 14.7 Å². The van der Waals surface area contributed by atoms with Gasteiger partial charge in [0.25, 0.3) is 0 Å². The van der Waals surface area contributed by atoms with Gasteiger partial charge in [0.05, 0.1) is 13.1 Å². The molecule has 1 fully saturated rings. The third kappa shape index (κ3) is 4.55. The molecule has 0 unspecified atom stereocenters. The monoisotopic (exact) mass is 323 g/mol. The smallest absolute Gasteiger partial charge is 0.236 e. The molecule has 1 aromatic rings. The molecule has 1 aliphatic rings. The Kier molecular flexibility index (Phi) is 5.97. The van der Waals surface area contributed by atoms with Gasteiger partial charge in [-0.1, -0.05) is 6.07 Å². The number of likely N-dealkylation sites (tertiary alicyclic amines) is 1. The van der Waals surface area contributed by atoms with Gasteiger partial charge in [-0.2, -0.15) is 0 Å². The number of hydrogen-bond acceptors (Lipinski definition) is 4. The van der Waals surface area contributed by atoms with Gasteiger partial charge in [0, 0.05) is 31.9 Å². The standard InChI is InChI=1S/C16H25N3O2S/c1-17(2)16(21)13-6-8-19(9-7-13)12-15(20)18(3)11-14-5-4-10-22-14/h4-5,10,13H,6-9,11-12H2,1-3H3. The molecule has 0 N–H and O–H groups in total. The number of rotatable bonds is 5. The van der Waals surface area contributed by atoms with Crippen LogP contribution in [0.2, 0.25) is 0 Å². The molecule has 5 nitrogen and oxygen atoms in total. The van der Waals surface area contributed by atoms with Crippen LogP contribution in [-0.4, -0.2) is 67.3 Å². The van der Waals surface area contributed by atoms with Crippen molar-refractivity contribution < 1.29 is 9.59 Å². The number of thiophene rings is 1. The Morgan fingerprint density at radius 2 is 1.95 bits per heavy atom. The van der Waals surface area contributed by atoms with E-state index in [2.05, 4.69) is 4.90 Å². The quantitative estimate of drug-likeness (QED) is 0.825. The molecule has 0 spiro atoms. The van der Waals surface area contributed by atoms with Crippen LogP contribution in [-0.2, 0) is 16.1 Å². The lowest BCUT2D eigenvalue weighted by molar-refractivity contribution is -0.135. The van der Waals surface area contributed by atoms with E-state index in [1.54, 1.807) is 35.2 Å². The summed E-state index contributed by atoms with van der Waals surface area (Å²) in [7, 11) is 5.46. The van der Waals surface area contributed by atoms with Gasteiger partial charge >= 0.3 is 0 Å². The summed E-state index contributed by atoms with van der Waals surface area (Å²) >= 11 is 1.67. The van der Waals surface area contributed by atoms with Crippen molar-refractivity contribution in [3.8, 4) is 0 Å². The molecule has 0 bridgehead atoms. The van der Waals surface area contributed by atoms with Crippen molar-refractivity contribution in [1.29, 1.82) is 0 Å². The second-order valence-corrected chi connectivity index (χ2v) is 7.14. The zero-order valence-corrected chi connectivity index (χ0v) is 14.4. The molecule has 0 aromatic carbocycles. The van der Waals surface area contributed by atoms with Crippen LogP contribution < -0.4 is 0 Å². The lowest BCUT2D eigenvalue weighted by Crippen LogP contribution is -2.44. The fourth-order valence-electron chi connectivity index (χ4n) is 2.74. The largest absolute Gasteiger partial charge is 0.349 e. The maximum atomic E-state index is 12.3. The zero-order valence-electron chi connectivity index (χ0n) is 13.6. The molecular formula is C16H25N3O2S. The fourth-order valence-corrected chi connectivity index (χ4v) is 3.50. The molecule has 0 atom stereocenters. The Balaban J connectivity index is 1.75. The summed E-state index contributed by atoms with van der Waals surface area (Å²) in [6, 6.07) is 4.05. The van der Waals surface area contributed by atoms with Crippen molar-refractivity contribution in [2.45, 2.75) is 19.4 Å². The minimum Gasteiger partial charge on any atom is -0.349 e. The van der Waals surface area contributed by atoms with E-state index in [4.69, 9.17) is 0 Å². The molecule has 2 amide bonds. The number of nitrogens with zero attached hydrogens (tertiary/aromatic N) is 3. The van der Waals surface area contributed by atoms with E-state index in [0.717, 1.165) is 25.9 Å². The van der Waals surface area contributed by atoms with Crippen molar-refractivity contribution in [3.05, 3.63) is 22.4 Å². The molecule has 0 saturated carbocycles. The highest BCUT2D eigenvalue weighted by atomic mass is 32.1. The van der Waals surface area contributed by atoms with E-state index in [0.29, 0.717) is 13.1 Å². The van der Waals surface area contributed by atoms with Gasteiger partial charge in [0.15, 0.2) is 0 Å². The van der Waals surface area contributed by atoms with Crippen LogP contribution in [0.1, 0.15) is 17.7 Å². The first-order chi connectivity index (χ1) is 10.5. The normalized spacial score (nSPS) is 16.5. The van der Waals surface area contributed by atoms with Crippen molar-refractivity contribution >= 4 is 23.2 Å². The van der Waals surface area contributed by atoms with E-state index >= 15 is 0 Å². The number of piperidine rings is 1. The first-order valence-corrected chi connectivity index (χ1v) is 8.55. The average molecular weight is 323 g/mol. The highest BCUT2D eigenvalue weighted by Gasteiger charge is 2.27. The lowest BCUT2D eigenvalue weighted by Gasteiger charge is -2.32. The predicted octanol–water partition coefficient (Wildman–Crippen LogP) is 1.51. The second kappa shape index (κ2) is 7.74. The van der Waals surface area contributed by atoms with Crippen LogP contribution in [0.15, 0.2) is 17.5 Å². The summed E-state index contributed by atoms with van der Waals surface area (Å²) in [5, 5.41) is 2.03. The Labute approximate surface area is 136 Å². The Morgan fingerprint density at radius 3 is 2.50 bits per heavy atom. The summed E-state index contributed by atoms with van der Waals surface area (Å²) < 4.78 is 0. The first kappa shape index (κ1) is 17.0. The molecule has 0 radical (unpaired) electrons. The van der Waals surface area contributed by atoms with Gasteiger partial charge in [-0.25, -0.2) is 0 Å². The number of hydrogen-bond donors (Lipinski definition) is 0. The molecule has 2 heterocycles. The van der Waals surface area contributed by atoms with Crippen LogP contribution in [0.5, 0.6) is 0 Å². The molecule has 22 heavy (non-hydrogen) atoms. The Morgan fingerprint density at radius 1 is 1.27 bits per heavy atom. The van der Waals surface area contributed by atoms with Gasteiger partial charge in [0.1, 0.15) is 0 Å². The van der Waals surface area contributed by atoms with E-state index in [-0.39, 0.29) is 17.7 Å². The van der Waals surface area contributed by atoms with Gasteiger partial charge in [-0.15, -0.1) is 11.3 Å². The molecular weight excluding hydrogens is 298 g/mol. The van der Waals surface area contributed by atoms with E-state index in [1.807, 2.05) is 24.6 Å². The summed E-state index contributed by atoms with van der Waals surface area (Å²) in [6.07, 6.45) is 1.69. The average Bonchev–Trinajstić information content (AvgIpc) is 3.00. The molecule has 122 valence electrons. The molecule has 1 aliphatic heterocycles. The van der Waals surface area contributed by atoms with Crippen LogP contribution >= 0.6 is 11.3 Å². The van der Waals surface area contributed by atoms with Crippen LogP contribution in [0.4, 0.5) is 0 Å². The third-order valence-corrected chi connectivity index (χ3v) is 5.00. The molecule has 0 aliphatic carbocycles. The minimum absolute atomic E-state index is 0.116. The molecule has 2 rings (SSSR count). The molecule has 1 aromatic heterocycles. The minimum atomic E-state index is 0.116. The maximum absolute atomic E-state index is 12.3. The van der Waals surface area contributed by atoms with Crippen LogP contribution in [0, 0.1) is 5.92 Å². The highest BCUT2D eigenvalue weighted by molar-refractivity contribution is 7.09. The summed E-state index contributed by atoms with van der Waals surface area (Å²) in [6.45, 7) is 2.77. The Hall–Kier alpha value is -1.40. The van der Waals surface area contributed by atoms with Crippen molar-refractivity contribution in [2.24, 2.45) is 5.92 Å². The number of carbonyl (C=O) groups is 2. The molecule has 1 saturated heterocycles. The highest BCUT2D eigenvalue weighted by Crippen LogP contribution is 2.19. The van der Waals surface area contributed by atoms with E-state index in [9.17, 15) is 9.59 Å². The van der Waals surface area contributed by atoms with Crippen molar-refractivity contribution in [3.63, 3.8) is 0 Å². The third-order valence-electron chi connectivity index (χ3n) is 4.14. The van der Waals surface area contributed by atoms with Gasteiger partial charge in [-0.05, 0) is 37.4 Å². The fraction of sp³-hybridized carbons (Fsp3) is 0.625. The van der Waals surface area contributed by atoms with Gasteiger partial charge in [-0.3, -0.25) is 14.5 Å². The molecule has 6 heteroatoms. The summed E-state index contributed by atoms with van der Waals surface area (Å²) in [5.41, 5.74) is 0. The zero-order chi connectivity index (χ0) is 16.1. The Bertz CT molecular complexity index is 493. The lowest BCUT2D eigenvalue weighted by atomic mass is 9.95. The van der Waals surface area contributed by atoms with Crippen LogP contribution in [0.3, 0.4) is 0 Å². The summed E-state index contributed by atoms with van der Waals surface area (Å²) in [4.78, 5) is 31.0. The number of likely N-dealkylation sites (N-methyl/N-ethyl adjacent to an activating group) is 1. The SMILES string of the molecule is CN(C)C(=O)C1CCN(CC(=O)N(C)Cc2cccs2)CC1. The van der Waals surface area contributed by atoms with Gasteiger partial charge in [0.2, 0.25) is 11.8 Å².